The maximum absolute atomic E-state index is 12.6. The molecule has 1 amide bonds. The van der Waals surface area contributed by atoms with Gasteiger partial charge >= 0.3 is 5.97 Å². The summed E-state index contributed by atoms with van der Waals surface area (Å²) in [5.74, 6) is -0.724. The summed E-state index contributed by atoms with van der Waals surface area (Å²) in [5, 5.41) is 9.65. The zero-order valence-corrected chi connectivity index (χ0v) is 14.1. The molecule has 25 heavy (non-hydrogen) atoms. The molecule has 2 aromatic rings. The molecule has 5 nitrogen and oxygen atoms in total. The summed E-state index contributed by atoms with van der Waals surface area (Å²) in [6, 6.07) is 16.4. The zero-order valence-electron chi connectivity index (χ0n) is 14.1. The highest BCUT2D eigenvalue weighted by Gasteiger charge is 2.40. The minimum Gasteiger partial charge on any atom is -0.497 e. The van der Waals surface area contributed by atoms with Crippen LogP contribution in [0, 0.1) is 5.92 Å². The van der Waals surface area contributed by atoms with Gasteiger partial charge in [0.25, 0.3) is 0 Å². The molecule has 0 aliphatic carbocycles. The van der Waals surface area contributed by atoms with Gasteiger partial charge in [-0.2, -0.15) is 0 Å². The van der Waals surface area contributed by atoms with Crippen LogP contribution >= 0.6 is 0 Å². The molecule has 3 rings (SSSR count). The van der Waals surface area contributed by atoms with Gasteiger partial charge in [0.15, 0.2) is 0 Å². The number of hydrogen-bond acceptors (Lipinski definition) is 3. The quantitative estimate of drug-likeness (QED) is 0.908. The second-order valence-corrected chi connectivity index (χ2v) is 6.21. The number of carbonyl (C=O) groups is 2. The molecule has 1 heterocycles. The van der Waals surface area contributed by atoms with Crippen molar-refractivity contribution in [3.63, 3.8) is 0 Å². The maximum atomic E-state index is 12.6. The van der Waals surface area contributed by atoms with Crippen LogP contribution < -0.4 is 4.74 Å². The highest BCUT2D eigenvalue weighted by Crippen LogP contribution is 2.38. The number of likely N-dealkylation sites (tertiary alicyclic amines) is 1. The van der Waals surface area contributed by atoms with Gasteiger partial charge in [-0.1, -0.05) is 42.5 Å². The van der Waals surface area contributed by atoms with Crippen molar-refractivity contribution in [1.82, 2.24) is 4.90 Å². The van der Waals surface area contributed by atoms with Gasteiger partial charge in [-0.05, 0) is 29.7 Å². The van der Waals surface area contributed by atoms with Crippen LogP contribution in [-0.4, -0.2) is 29.0 Å². The SMILES string of the molecule is COc1ccc(CN2C(=O)CC[C@H](C(=O)O)[C@H]2c2ccccc2)cc1. The van der Waals surface area contributed by atoms with Gasteiger partial charge in [-0.15, -0.1) is 0 Å². The van der Waals surface area contributed by atoms with E-state index in [0.717, 1.165) is 16.9 Å². The van der Waals surface area contributed by atoms with Crippen LogP contribution in [0.25, 0.3) is 0 Å². The molecule has 2 aromatic carbocycles. The summed E-state index contributed by atoms with van der Waals surface area (Å²) < 4.78 is 5.16. The maximum Gasteiger partial charge on any atom is 0.308 e. The van der Waals surface area contributed by atoms with Gasteiger partial charge in [0.2, 0.25) is 5.91 Å². The van der Waals surface area contributed by atoms with Gasteiger partial charge in [-0.25, -0.2) is 0 Å². The van der Waals surface area contributed by atoms with Crippen molar-refractivity contribution in [3.8, 4) is 5.75 Å². The highest BCUT2D eigenvalue weighted by molar-refractivity contribution is 5.81. The fourth-order valence-electron chi connectivity index (χ4n) is 3.39. The summed E-state index contributed by atoms with van der Waals surface area (Å²) in [4.78, 5) is 26.0. The monoisotopic (exact) mass is 339 g/mol. The number of carboxylic acids is 1. The van der Waals surface area contributed by atoms with Crippen molar-refractivity contribution >= 4 is 11.9 Å². The van der Waals surface area contributed by atoms with E-state index >= 15 is 0 Å². The lowest BCUT2D eigenvalue weighted by atomic mass is 9.84. The molecule has 0 bridgehead atoms. The number of amides is 1. The Kier molecular flexibility index (Phi) is 5.03. The molecule has 2 atom stereocenters. The van der Waals surface area contributed by atoms with Gasteiger partial charge in [0.1, 0.15) is 5.75 Å². The van der Waals surface area contributed by atoms with E-state index in [-0.39, 0.29) is 12.3 Å². The van der Waals surface area contributed by atoms with E-state index in [9.17, 15) is 14.7 Å². The molecule has 0 spiro atoms. The Labute approximate surface area is 146 Å². The molecule has 5 heteroatoms. The average molecular weight is 339 g/mol. The number of carbonyl (C=O) groups excluding carboxylic acids is 1. The van der Waals surface area contributed by atoms with Gasteiger partial charge < -0.3 is 14.7 Å². The fraction of sp³-hybridized carbons (Fsp3) is 0.300. The number of methoxy groups -OCH3 is 1. The van der Waals surface area contributed by atoms with E-state index in [1.807, 2.05) is 54.6 Å². The standard InChI is InChI=1S/C20H21NO4/c1-25-16-9-7-14(8-10-16)13-21-18(22)12-11-17(20(23)24)19(21)15-5-3-2-4-6-15/h2-10,17,19H,11-13H2,1H3,(H,23,24)/t17-,19+/m0/s1. The first-order valence-corrected chi connectivity index (χ1v) is 8.30. The second-order valence-electron chi connectivity index (χ2n) is 6.21. The van der Waals surface area contributed by atoms with E-state index in [1.165, 1.54) is 0 Å². The fourth-order valence-corrected chi connectivity index (χ4v) is 3.39. The van der Waals surface area contributed by atoms with E-state index in [0.29, 0.717) is 13.0 Å². The van der Waals surface area contributed by atoms with E-state index in [1.54, 1.807) is 12.0 Å². The molecule has 1 aliphatic rings. The lowest BCUT2D eigenvalue weighted by Gasteiger charge is -2.40. The van der Waals surface area contributed by atoms with E-state index in [4.69, 9.17) is 4.74 Å². The van der Waals surface area contributed by atoms with Crippen molar-refractivity contribution in [3.05, 3.63) is 65.7 Å². The molecule has 0 saturated carbocycles. The molecular formula is C20H21NO4. The van der Waals surface area contributed by atoms with Crippen LogP contribution in [0.1, 0.15) is 30.0 Å². The molecule has 0 unspecified atom stereocenters. The average Bonchev–Trinajstić information content (AvgIpc) is 2.64. The first-order chi connectivity index (χ1) is 12.1. The van der Waals surface area contributed by atoms with Crippen molar-refractivity contribution in [2.45, 2.75) is 25.4 Å². The molecule has 1 saturated heterocycles. The number of ether oxygens (including phenoxy) is 1. The first-order valence-electron chi connectivity index (χ1n) is 8.30. The van der Waals surface area contributed by atoms with Gasteiger partial charge in [0, 0.05) is 13.0 Å². The highest BCUT2D eigenvalue weighted by atomic mass is 16.5. The number of carboxylic acid groups (broad SMARTS) is 1. The number of piperidine rings is 1. The number of rotatable bonds is 5. The minimum absolute atomic E-state index is 0.0119. The molecular weight excluding hydrogens is 318 g/mol. The third-order valence-corrected chi connectivity index (χ3v) is 4.68. The van der Waals surface area contributed by atoms with Crippen LogP contribution in [0.2, 0.25) is 0 Å². The smallest absolute Gasteiger partial charge is 0.308 e. The van der Waals surface area contributed by atoms with Crippen LogP contribution in [0.15, 0.2) is 54.6 Å². The predicted octanol–water partition coefficient (Wildman–Crippen LogP) is 3.26. The van der Waals surface area contributed by atoms with Crippen molar-refractivity contribution in [2.24, 2.45) is 5.92 Å². The van der Waals surface area contributed by atoms with Crippen molar-refractivity contribution in [2.75, 3.05) is 7.11 Å². The van der Waals surface area contributed by atoms with Crippen LogP contribution in [-0.2, 0) is 16.1 Å². The Morgan fingerprint density at radius 2 is 1.84 bits per heavy atom. The predicted molar refractivity (Wildman–Crippen MR) is 93.1 cm³/mol. The largest absolute Gasteiger partial charge is 0.497 e. The third-order valence-electron chi connectivity index (χ3n) is 4.68. The number of benzene rings is 2. The summed E-state index contributed by atoms with van der Waals surface area (Å²) in [7, 11) is 1.60. The Bertz CT molecular complexity index is 742. The lowest BCUT2D eigenvalue weighted by molar-refractivity contribution is -0.152. The molecule has 0 aromatic heterocycles. The summed E-state index contributed by atoms with van der Waals surface area (Å²) >= 11 is 0. The first kappa shape index (κ1) is 17.0. The molecule has 0 radical (unpaired) electrons. The Hall–Kier alpha value is -2.82. The zero-order chi connectivity index (χ0) is 17.8. The summed E-state index contributed by atoms with van der Waals surface area (Å²) in [5.41, 5.74) is 1.80. The topological polar surface area (TPSA) is 66.8 Å². The Balaban J connectivity index is 1.93. The minimum atomic E-state index is -0.860. The molecule has 1 N–H and O–H groups in total. The number of hydrogen-bond donors (Lipinski definition) is 1. The van der Waals surface area contributed by atoms with Gasteiger partial charge in [0.05, 0.1) is 19.1 Å². The number of aliphatic carboxylic acids is 1. The molecule has 130 valence electrons. The normalized spacial score (nSPS) is 20.4. The summed E-state index contributed by atoms with van der Waals surface area (Å²) in [6.07, 6.45) is 0.628. The second kappa shape index (κ2) is 7.38. The number of nitrogens with zero attached hydrogens (tertiary/aromatic N) is 1. The molecule has 1 fully saturated rings. The van der Waals surface area contributed by atoms with Crippen LogP contribution in [0.4, 0.5) is 0 Å². The lowest BCUT2D eigenvalue weighted by Crippen LogP contribution is -2.44. The Morgan fingerprint density at radius 3 is 2.44 bits per heavy atom. The van der Waals surface area contributed by atoms with Crippen molar-refractivity contribution in [1.29, 1.82) is 0 Å². The third kappa shape index (κ3) is 3.65. The van der Waals surface area contributed by atoms with E-state index in [2.05, 4.69) is 0 Å². The van der Waals surface area contributed by atoms with Crippen LogP contribution in [0.3, 0.4) is 0 Å². The van der Waals surface area contributed by atoms with Gasteiger partial charge in [-0.3, -0.25) is 9.59 Å². The van der Waals surface area contributed by atoms with Crippen LogP contribution in [0.5, 0.6) is 5.75 Å². The Morgan fingerprint density at radius 1 is 1.16 bits per heavy atom. The van der Waals surface area contributed by atoms with Crippen molar-refractivity contribution < 1.29 is 19.4 Å². The van der Waals surface area contributed by atoms with E-state index < -0.39 is 17.9 Å². The summed E-state index contributed by atoms with van der Waals surface area (Å²) in [6.45, 7) is 0.381. The molecule has 1 aliphatic heterocycles.